The number of nitrogens with one attached hydrogen (secondary N) is 1. The lowest BCUT2D eigenvalue weighted by Crippen LogP contribution is -2.15. The average molecular weight is 344 g/mol. The van der Waals surface area contributed by atoms with Crippen LogP contribution >= 0.6 is 11.3 Å². The molecule has 0 unspecified atom stereocenters. The van der Waals surface area contributed by atoms with Crippen LogP contribution in [0.4, 0.5) is 9.39 Å². The highest BCUT2D eigenvalue weighted by molar-refractivity contribution is 7.16. The maximum atomic E-state index is 13.2. The highest BCUT2D eigenvalue weighted by atomic mass is 32.1. The summed E-state index contributed by atoms with van der Waals surface area (Å²) in [6.07, 6.45) is 1.27. The van der Waals surface area contributed by atoms with Gasteiger partial charge in [0.25, 0.3) is 5.91 Å². The van der Waals surface area contributed by atoms with E-state index in [4.69, 9.17) is 0 Å². The zero-order chi connectivity index (χ0) is 17.7. The molecule has 1 N–H and O–H groups in total. The molecular formula is C17H13FN2O3S. The summed E-state index contributed by atoms with van der Waals surface area (Å²) in [7, 11) is 1.24. The van der Waals surface area contributed by atoms with E-state index in [1.807, 2.05) is 0 Å². The van der Waals surface area contributed by atoms with Crippen molar-refractivity contribution in [1.29, 1.82) is 5.26 Å². The Morgan fingerprint density at radius 3 is 2.75 bits per heavy atom. The van der Waals surface area contributed by atoms with Gasteiger partial charge in [-0.3, -0.25) is 4.79 Å². The molecule has 1 aromatic carbocycles. The molecule has 0 fully saturated rings. The van der Waals surface area contributed by atoms with Crippen molar-refractivity contribution in [2.45, 2.75) is 6.92 Å². The van der Waals surface area contributed by atoms with Crippen molar-refractivity contribution in [3.05, 3.63) is 57.7 Å². The van der Waals surface area contributed by atoms with Gasteiger partial charge < -0.3 is 10.1 Å². The Kier molecular flexibility index (Phi) is 5.45. The van der Waals surface area contributed by atoms with Crippen LogP contribution in [-0.4, -0.2) is 19.0 Å². The number of carbonyl (C=O) groups is 2. The van der Waals surface area contributed by atoms with E-state index in [0.717, 1.165) is 4.88 Å². The number of esters is 1. The van der Waals surface area contributed by atoms with E-state index in [2.05, 4.69) is 10.1 Å². The summed E-state index contributed by atoms with van der Waals surface area (Å²) in [5, 5.41) is 12.0. The first kappa shape index (κ1) is 17.4. The monoisotopic (exact) mass is 344 g/mol. The minimum atomic E-state index is -0.686. The summed E-state index contributed by atoms with van der Waals surface area (Å²) in [5.74, 6) is -1.74. The molecule has 0 saturated carbocycles. The number of anilines is 1. The maximum absolute atomic E-state index is 13.2. The molecule has 122 valence electrons. The van der Waals surface area contributed by atoms with E-state index < -0.39 is 17.7 Å². The molecule has 0 aliphatic heterocycles. The first-order chi connectivity index (χ1) is 11.4. The van der Waals surface area contributed by atoms with Crippen molar-refractivity contribution in [3.63, 3.8) is 0 Å². The Labute approximate surface area is 142 Å². The predicted molar refractivity (Wildman–Crippen MR) is 89.0 cm³/mol. The van der Waals surface area contributed by atoms with Gasteiger partial charge in [-0.1, -0.05) is 12.1 Å². The van der Waals surface area contributed by atoms with Gasteiger partial charge in [0.1, 0.15) is 22.5 Å². The highest BCUT2D eigenvalue weighted by Gasteiger charge is 2.19. The second kappa shape index (κ2) is 7.53. The molecule has 1 aromatic heterocycles. The van der Waals surface area contributed by atoms with Gasteiger partial charge in [-0.25, -0.2) is 9.18 Å². The zero-order valence-corrected chi connectivity index (χ0v) is 13.7. The Hall–Kier alpha value is -2.98. The normalized spacial score (nSPS) is 10.8. The van der Waals surface area contributed by atoms with E-state index >= 15 is 0 Å². The second-order valence-corrected chi connectivity index (χ2v) is 6.03. The predicted octanol–water partition coefficient (Wildman–Crippen LogP) is 3.53. The summed E-state index contributed by atoms with van der Waals surface area (Å²) < 4.78 is 17.9. The summed E-state index contributed by atoms with van der Waals surface area (Å²) in [4.78, 5) is 24.8. The second-order valence-electron chi connectivity index (χ2n) is 4.77. The van der Waals surface area contributed by atoms with Gasteiger partial charge in [0.15, 0.2) is 0 Å². The lowest BCUT2D eigenvalue weighted by atomic mass is 10.1. The minimum Gasteiger partial charge on any atom is -0.465 e. The highest BCUT2D eigenvalue weighted by Crippen LogP contribution is 2.28. The molecule has 5 nitrogen and oxygen atoms in total. The topological polar surface area (TPSA) is 79.2 Å². The third kappa shape index (κ3) is 4.06. The quantitative estimate of drug-likeness (QED) is 0.523. The lowest BCUT2D eigenvalue weighted by molar-refractivity contribution is -0.112. The van der Waals surface area contributed by atoms with Crippen LogP contribution in [0.1, 0.15) is 20.8 Å². The first-order valence-corrected chi connectivity index (χ1v) is 7.63. The molecule has 0 radical (unpaired) electrons. The Morgan fingerprint density at radius 2 is 2.12 bits per heavy atom. The number of ether oxygens (including phenoxy) is 1. The molecule has 7 heteroatoms. The Morgan fingerprint density at radius 1 is 1.38 bits per heavy atom. The standard InChI is InChI=1S/C17H13FN2O3S/c1-10-6-14(17(22)23-2)16(24-10)20-15(21)12(9-19)7-11-4-3-5-13(18)8-11/h3-8H,1-2H3,(H,20,21). The van der Waals surface area contributed by atoms with Gasteiger partial charge >= 0.3 is 5.97 Å². The molecule has 24 heavy (non-hydrogen) atoms. The number of benzene rings is 1. The van der Waals surface area contributed by atoms with Crippen molar-refractivity contribution < 1.29 is 18.7 Å². The van der Waals surface area contributed by atoms with E-state index in [1.165, 1.54) is 42.7 Å². The molecule has 2 aromatic rings. The van der Waals surface area contributed by atoms with E-state index in [0.29, 0.717) is 10.6 Å². The van der Waals surface area contributed by atoms with Gasteiger partial charge in [0, 0.05) is 4.88 Å². The fraction of sp³-hybridized carbons (Fsp3) is 0.118. The minimum absolute atomic E-state index is 0.206. The third-order valence-electron chi connectivity index (χ3n) is 3.01. The third-order valence-corrected chi connectivity index (χ3v) is 3.98. The number of nitriles is 1. The largest absolute Gasteiger partial charge is 0.465 e. The fourth-order valence-electron chi connectivity index (χ4n) is 1.95. The fourth-order valence-corrected chi connectivity index (χ4v) is 2.85. The van der Waals surface area contributed by atoms with Crippen molar-refractivity contribution in [2.24, 2.45) is 0 Å². The molecule has 1 amide bonds. The summed E-state index contributed by atoms with van der Waals surface area (Å²) in [6, 6.07) is 8.89. The Bertz CT molecular complexity index is 865. The first-order valence-electron chi connectivity index (χ1n) is 6.82. The van der Waals surface area contributed by atoms with Gasteiger partial charge in [-0.2, -0.15) is 5.26 Å². The van der Waals surface area contributed by atoms with E-state index in [9.17, 15) is 19.2 Å². The van der Waals surface area contributed by atoms with Crippen LogP contribution in [0.5, 0.6) is 0 Å². The molecule has 0 spiro atoms. The van der Waals surface area contributed by atoms with Crippen LogP contribution in [0.15, 0.2) is 35.9 Å². The molecule has 1 heterocycles. The van der Waals surface area contributed by atoms with Gasteiger partial charge in [-0.05, 0) is 36.8 Å². The number of nitrogens with zero attached hydrogens (tertiary/aromatic N) is 1. The average Bonchev–Trinajstić information content (AvgIpc) is 2.92. The van der Waals surface area contributed by atoms with Crippen LogP contribution in [0, 0.1) is 24.1 Å². The summed E-state index contributed by atoms with van der Waals surface area (Å²) in [5.41, 5.74) is 0.399. The number of halogens is 1. The number of amides is 1. The number of aryl methyl sites for hydroxylation is 1. The molecule has 0 bridgehead atoms. The Balaban J connectivity index is 2.28. The van der Waals surface area contributed by atoms with Crippen LogP contribution in [0.3, 0.4) is 0 Å². The smallest absolute Gasteiger partial charge is 0.340 e. The number of carbonyl (C=O) groups excluding carboxylic acids is 2. The zero-order valence-electron chi connectivity index (χ0n) is 12.9. The lowest BCUT2D eigenvalue weighted by Gasteiger charge is -2.04. The van der Waals surface area contributed by atoms with Crippen LogP contribution in [-0.2, 0) is 9.53 Å². The van der Waals surface area contributed by atoms with Gasteiger partial charge in [0.05, 0.1) is 12.7 Å². The van der Waals surface area contributed by atoms with Crippen LogP contribution < -0.4 is 5.32 Å². The number of hydrogen-bond acceptors (Lipinski definition) is 5. The van der Waals surface area contributed by atoms with E-state index in [-0.39, 0.29) is 11.1 Å². The van der Waals surface area contributed by atoms with Gasteiger partial charge in [0.2, 0.25) is 0 Å². The van der Waals surface area contributed by atoms with Crippen molar-refractivity contribution >= 4 is 34.3 Å². The summed E-state index contributed by atoms with van der Waals surface area (Å²) in [6.45, 7) is 1.78. The molecule has 0 saturated heterocycles. The van der Waals surface area contributed by atoms with Crippen LogP contribution in [0.2, 0.25) is 0 Å². The number of thiophene rings is 1. The van der Waals surface area contributed by atoms with Crippen LogP contribution in [0.25, 0.3) is 6.08 Å². The maximum Gasteiger partial charge on any atom is 0.340 e. The van der Waals surface area contributed by atoms with Gasteiger partial charge in [-0.15, -0.1) is 11.3 Å². The molecular weight excluding hydrogens is 331 g/mol. The molecule has 2 rings (SSSR count). The molecule has 0 aliphatic carbocycles. The van der Waals surface area contributed by atoms with Crippen molar-refractivity contribution in [3.8, 4) is 6.07 Å². The SMILES string of the molecule is COC(=O)c1cc(C)sc1NC(=O)C(C#N)=Cc1cccc(F)c1. The number of hydrogen-bond donors (Lipinski definition) is 1. The number of rotatable bonds is 4. The summed E-state index contributed by atoms with van der Waals surface area (Å²) >= 11 is 1.19. The van der Waals surface area contributed by atoms with Crippen molar-refractivity contribution in [2.75, 3.05) is 12.4 Å². The van der Waals surface area contributed by atoms with E-state index in [1.54, 1.807) is 25.1 Å². The molecule has 0 aliphatic rings. The molecule has 0 atom stereocenters. The van der Waals surface area contributed by atoms with Crippen molar-refractivity contribution in [1.82, 2.24) is 0 Å². The number of methoxy groups -OCH3 is 1.